The number of nitrogens with zero attached hydrogens (tertiary/aromatic N) is 2. The lowest BCUT2D eigenvalue weighted by atomic mass is 9.90. The Morgan fingerprint density at radius 2 is 1.82 bits per heavy atom. The van der Waals surface area contributed by atoms with Crippen LogP contribution in [0.2, 0.25) is 0 Å². The summed E-state index contributed by atoms with van der Waals surface area (Å²) in [5, 5.41) is 21.9. The average molecular weight is 752 g/mol. The minimum absolute atomic E-state index is 0.0271. The highest BCUT2D eigenvalue weighted by Crippen LogP contribution is 2.34. The number of amides is 1. The molecule has 16 heteroatoms. The van der Waals surface area contributed by atoms with Gasteiger partial charge >= 0.3 is 6.09 Å². The Bertz CT molecular complexity index is 1770. The molecule has 2 aliphatic heterocycles. The van der Waals surface area contributed by atoms with Crippen LogP contribution in [0.15, 0.2) is 41.3 Å². The molecule has 4 N–H and O–H groups in total. The number of carbonyl (C=O) groups is 1. The summed E-state index contributed by atoms with van der Waals surface area (Å²) < 4.78 is 76.0. The van der Waals surface area contributed by atoms with Gasteiger partial charge in [-0.25, -0.2) is 27.0 Å². The maximum Gasteiger partial charge on any atom is 0.407 e. The van der Waals surface area contributed by atoms with Crippen molar-refractivity contribution in [2.45, 2.75) is 101 Å². The highest BCUT2D eigenvalue weighted by molar-refractivity contribution is 7.89. The van der Waals surface area contributed by atoms with E-state index in [2.05, 4.69) is 20.9 Å². The molecule has 2 aromatic carbocycles. The first-order valence-electron chi connectivity index (χ1n) is 17.5. The van der Waals surface area contributed by atoms with Gasteiger partial charge in [0.05, 0.1) is 46.4 Å². The van der Waals surface area contributed by atoms with E-state index in [0.29, 0.717) is 29.3 Å². The van der Waals surface area contributed by atoms with Crippen molar-refractivity contribution in [3.63, 3.8) is 0 Å². The molecule has 3 heterocycles. The number of halogens is 2. The SMILES string of the molecule is CC(C)CN(C[C@@H](O)[C@H](Cc1cc(F)cc(F)c1)NC(=O)O[C@@H]1CO[C@@H]2OCCC(NC(C)C)[C@@H]21)S(=O)(=O)c1ccc2nc(NC3CC3)sc2c1. The van der Waals surface area contributed by atoms with Gasteiger partial charge in [0, 0.05) is 37.3 Å². The lowest BCUT2D eigenvalue weighted by Crippen LogP contribution is -2.54. The van der Waals surface area contributed by atoms with Crippen molar-refractivity contribution < 1.29 is 41.3 Å². The molecule has 1 saturated carbocycles. The van der Waals surface area contributed by atoms with Crippen molar-refractivity contribution in [3.05, 3.63) is 53.6 Å². The topological polar surface area (TPSA) is 151 Å². The van der Waals surface area contributed by atoms with Crippen LogP contribution in [0.4, 0.5) is 18.7 Å². The third-order valence-electron chi connectivity index (χ3n) is 9.16. The second-order valence-corrected chi connectivity index (χ2v) is 17.4. The van der Waals surface area contributed by atoms with E-state index in [1.807, 2.05) is 27.7 Å². The fourth-order valence-electron chi connectivity index (χ4n) is 6.72. The number of aliphatic hydroxyl groups is 1. The Balaban J connectivity index is 1.22. The van der Waals surface area contributed by atoms with Crippen molar-refractivity contribution in [1.82, 2.24) is 19.9 Å². The van der Waals surface area contributed by atoms with Crippen LogP contribution in [0.1, 0.15) is 52.5 Å². The molecule has 3 aromatic rings. The first kappa shape index (κ1) is 37.8. The summed E-state index contributed by atoms with van der Waals surface area (Å²) in [5.41, 5.74) is 0.834. The Labute approximate surface area is 301 Å². The number of ether oxygens (including phenoxy) is 3. The summed E-state index contributed by atoms with van der Waals surface area (Å²) in [4.78, 5) is 18.1. The molecule has 1 unspecified atom stereocenters. The van der Waals surface area contributed by atoms with E-state index < -0.39 is 58.8 Å². The molecule has 12 nitrogen and oxygen atoms in total. The van der Waals surface area contributed by atoms with E-state index in [4.69, 9.17) is 14.2 Å². The first-order chi connectivity index (χ1) is 24.2. The van der Waals surface area contributed by atoms with Gasteiger partial charge in [0.1, 0.15) is 17.7 Å². The molecule has 3 aliphatic rings. The molecule has 1 amide bonds. The predicted octanol–water partition coefficient (Wildman–Crippen LogP) is 4.62. The highest BCUT2D eigenvalue weighted by Gasteiger charge is 2.48. The number of rotatable bonds is 15. The number of hydrogen-bond acceptors (Lipinski definition) is 11. The maximum atomic E-state index is 14.2. The maximum absolute atomic E-state index is 14.2. The number of aliphatic hydroxyl groups excluding tert-OH is 1. The second kappa shape index (κ2) is 15.9. The number of aromatic nitrogens is 1. The number of sulfonamides is 1. The average Bonchev–Trinajstić information content (AvgIpc) is 3.61. The van der Waals surface area contributed by atoms with Crippen LogP contribution in [0.25, 0.3) is 10.2 Å². The molecule has 6 atom stereocenters. The van der Waals surface area contributed by atoms with Crippen LogP contribution < -0.4 is 16.0 Å². The number of nitrogens with one attached hydrogen (secondary N) is 3. The number of thiazole rings is 1. The Morgan fingerprint density at radius 3 is 2.51 bits per heavy atom. The smallest absolute Gasteiger partial charge is 0.407 e. The Morgan fingerprint density at radius 1 is 1.08 bits per heavy atom. The van der Waals surface area contributed by atoms with Crippen molar-refractivity contribution in [2.75, 3.05) is 31.6 Å². The van der Waals surface area contributed by atoms with Crippen molar-refractivity contribution in [1.29, 1.82) is 0 Å². The van der Waals surface area contributed by atoms with Crippen LogP contribution in [-0.4, -0.2) is 97.9 Å². The summed E-state index contributed by atoms with van der Waals surface area (Å²) >= 11 is 1.38. The largest absolute Gasteiger partial charge is 0.443 e. The fraction of sp³-hybridized carbons (Fsp3) is 0.600. The van der Waals surface area contributed by atoms with E-state index in [9.17, 15) is 27.1 Å². The predicted molar refractivity (Wildman–Crippen MR) is 189 cm³/mol. The molecule has 3 fully saturated rings. The molecule has 0 bridgehead atoms. The van der Waals surface area contributed by atoms with Gasteiger partial charge < -0.3 is 35.3 Å². The first-order valence-corrected chi connectivity index (χ1v) is 19.8. The van der Waals surface area contributed by atoms with Gasteiger partial charge in [-0.3, -0.25) is 0 Å². The van der Waals surface area contributed by atoms with E-state index in [0.717, 1.165) is 36.2 Å². The molecular formula is C35H47F2N5O7S2. The second-order valence-electron chi connectivity index (χ2n) is 14.4. The summed E-state index contributed by atoms with van der Waals surface area (Å²) in [7, 11) is -4.15. The normalized spacial score (nSPS) is 23.5. The van der Waals surface area contributed by atoms with E-state index in [1.165, 1.54) is 21.7 Å². The van der Waals surface area contributed by atoms with Crippen LogP contribution in [0, 0.1) is 23.5 Å². The lowest BCUT2D eigenvalue weighted by molar-refractivity contribution is -0.161. The van der Waals surface area contributed by atoms with Crippen molar-refractivity contribution in [2.24, 2.45) is 11.8 Å². The monoisotopic (exact) mass is 751 g/mol. The van der Waals surface area contributed by atoms with Crippen LogP contribution in [0.5, 0.6) is 0 Å². The Kier molecular flexibility index (Phi) is 11.8. The number of benzene rings is 2. The molecule has 6 rings (SSSR count). The molecule has 0 spiro atoms. The van der Waals surface area contributed by atoms with Gasteiger partial charge in [-0.1, -0.05) is 39.0 Å². The minimum Gasteiger partial charge on any atom is -0.443 e. The zero-order valence-electron chi connectivity index (χ0n) is 29.2. The fourth-order valence-corrected chi connectivity index (χ4v) is 9.42. The zero-order valence-corrected chi connectivity index (χ0v) is 30.8. The number of fused-ring (bicyclic) bond motifs is 2. The van der Waals surface area contributed by atoms with Gasteiger partial charge in [0.15, 0.2) is 11.4 Å². The molecule has 1 aliphatic carbocycles. The van der Waals surface area contributed by atoms with Crippen molar-refractivity contribution >= 4 is 42.8 Å². The van der Waals surface area contributed by atoms with Gasteiger partial charge in [0.25, 0.3) is 0 Å². The molecule has 2 saturated heterocycles. The zero-order chi connectivity index (χ0) is 36.4. The lowest BCUT2D eigenvalue weighted by Gasteiger charge is -2.36. The van der Waals surface area contributed by atoms with E-state index in [1.54, 1.807) is 12.1 Å². The van der Waals surface area contributed by atoms with Crippen LogP contribution in [0.3, 0.4) is 0 Å². The summed E-state index contributed by atoms with van der Waals surface area (Å²) in [6.07, 6.45) is -0.970. The summed E-state index contributed by atoms with van der Waals surface area (Å²) in [6.45, 7) is 8.00. The number of anilines is 1. The van der Waals surface area contributed by atoms with Gasteiger partial charge in [-0.15, -0.1) is 0 Å². The molecular weight excluding hydrogens is 705 g/mol. The molecule has 1 aromatic heterocycles. The van der Waals surface area contributed by atoms with Crippen LogP contribution in [-0.2, 0) is 30.7 Å². The minimum atomic E-state index is -4.15. The standard InChI is InChI=1S/C35H47F2N5O7S2/c1-19(2)16-42(51(45,46)25-7-8-26-31(15-25)50-34(40-26)39-24-5-6-24)17-29(43)28(13-21-11-22(36)14-23(37)12-21)41-35(44)49-30-18-48-33-32(30)27(9-10-47-33)38-20(3)4/h7-8,11-12,14-15,19-20,24,27-30,32-33,38,43H,5-6,9-10,13,16-18H2,1-4H3,(H,39,40)(H,41,44)/t27?,28-,29+,30+,32+,33-/m0/s1. The summed E-state index contributed by atoms with van der Waals surface area (Å²) in [6, 6.07) is 7.02. The van der Waals surface area contributed by atoms with Gasteiger partial charge in [-0.2, -0.15) is 4.31 Å². The third-order valence-corrected chi connectivity index (χ3v) is 11.9. The summed E-state index contributed by atoms with van der Waals surface area (Å²) in [5.74, 6) is -2.05. The molecule has 51 heavy (non-hydrogen) atoms. The number of carbonyl (C=O) groups excluding carboxylic acids is 1. The van der Waals surface area contributed by atoms with Crippen molar-refractivity contribution in [3.8, 4) is 0 Å². The highest BCUT2D eigenvalue weighted by atomic mass is 32.2. The van der Waals surface area contributed by atoms with E-state index >= 15 is 0 Å². The number of alkyl carbamates (subject to hydrolysis) is 1. The molecule has 0 radical (unpaired) electrons. The van der Waals surface area contributed by atoms with Gasteiger partial charge in [0.2, 0.25) is 10.0 Å². The van der Waals surface area contributed by atoms with Gasteiger partial charge in [-0.05, 0) is 67.5 Å². The molecule has 280 valence electrons. The van der Waals surface area contributed by atoms with E-state index in [-0.39, 0.29) is 54.0 Å². The quantitative estimate of drug-likeness (QED) is 0.173. The third kappa shape index (κ3) is 9.52. The number of hydrogen-bond donors (Lipinski definition) is 4. The van der Waals surface area contributed by atoms with Crippen LogP contribution >= 0.6 is 11.3 Å². The Hall–Kier alpha value is -2.99.